The SMILES string of the molecule is CCCCCCCCCCC[C@H](CC(=O)OC(C)(C)C)NC(=O)OC(C)(C)C. The van der Waals surface area contributed by atoms with Gasteiger partial charge in [0, 0.05) is 6.04 Å². The predicted molar refractivity (Wildman–Crippen MR) is 115 cm³/mol. The van der Waals surface area contributed by atoms with Crippen molar-refractivity contribution in [1.29, 1.82) is 0 Å². The highest BCUT2D eigenvalue weighted by atomic mass is 16.6. The highest BCUT2D eigenvalue weighted by molar-refractivity contribution is 5.73. The van der Waals surface area contributed by atoms with Crippen LogP contribution in [0, 0.1) is 0 Å². The van der Waals surface area contributed by atoms with E-state index in [1.54, 1.807) is 0 Å². The second kappa shape index (κ2) is 13.8. The first kappa shape index (κ1) is 26.7. The molecule has 0 saturated carbocycles. The first-order chi connectivity index (χ1) is 12.9. The molecule has 0 aromatic heterocycles. The van der Waals surface area contributed by atoms with Gasteiger partial charge in [0.25, 0.3) is 0 Å². The molecular weight excluding hydrogens is 354 g/mol. The van der Waals surface area contributed by atoms with Crippen molar-refractivity contribution in [2.45, 2.75) is 136 Å². The van der Waals surface area contributed by atoms with Gasteiger partial charge in [-0.3, -0.25) is 4.79 Å². The topological polar surface area (TPSA) is 64.6 Å². The molecule has 0 rings (SSSR count). The van der Waals surface area contributed by atoms with Crippen LogP contribution in [0.3, 0.4) is 0 Å². The van der Waals surface area contributed by atoms with Crippen LogP contribution in [0.2, 0.25) is 0 Å². The molecule has 0 radical (unpaired) electrons. The van der Waals surface area contributed by atoms with Crippen molar-refractivity contribution >= 4 is 12.1 Å². The predicted octanol–water partition coefficient (Wildman–Crippen LogP) is 6.53. The Morgan fingerprint density at radius 3 is 1.68 bits per heavy atom. The summed E-state index contributed by atoms with van der Waals surface area (Å²) in [4.78, 5) is 24.3. The van der Waals surface area contributed by atoms with Crippen LogP contribution in [0.15, 0.2) is 0 Å². The number of esters is 1. The van der Waals surface area contributed by atoms with E-state index in [9.17, 15) is 9.59 Å². The molecule has 5 nitrogen and oxygen atoms in total. The zero-order chi connectivity index (χ0) is 21.6. The van der Waals surface area contributed by atoms with Crippen molar-refractivity contribution in [2.24, 2.45) is 0 Å². The van der Waals surface area contributed by atoms with Gasteiger partial charge >= 0.3 is 12.1 Å². The Balaban J connectivity index is 4.33. The Hall–Kier alpha value is -1.26. The summed E-state index contributed by atoms with van der Waals surface area (Å²) in [5, 5.41) is 2.85. The molecule has 28 heavy (non-hydrogen) atoms. The van der Waals surface area contributed by atoms with Crippen LogP contribution < -0.4 is 5.32 Å². The number of ether oxygens (including phenoxy) is 2. The molecule has 0 aliphatic heterocycles. The zero-order valence-electron chi connectivity index (χ0n) is 19.5. The molecule has 0 aromatic rings. The number of unbranched alkanes of at least 4 members (excludes halogenated alkanes) is 8. The third-order valence-corrected chi connectivity index (χ3v) is 4.21. The van der Waals surface area contributed by atoms with Gasteiger partial charge in [0.15, 0.2) is 0 Å². The van der Waals surface area contributed by atoms with Gasteiger partial charge in [-0.05, 0) is 48.0 Å². The molecule has 1 N–H and O–H groups in total. The van der Waals surface area contributed by atoms with E-state index in [4.69, 9.17) is 9.47 Å². The van der Waals surface area contributed by atoms with Crippen LogP contribution in [-0.2, 0) is 14.3 Å². The van der Waals surface area contributed by atoms with Gasteiger partial charge in [0.05, 0.1) is 6.42 Å². The summed E-state index contributed by atoms with van der Waals surface area (Å²) in [6.07, 6.45) is 11.6. The van der Waals surface area contributed by atoms with E-state index in [2.05, 4.69) is 12.2 Å². The number of hydrogen-bond donors (Lipinski definition) is 1. The van der Waals surface area contributed by atoms with Crippen LogP contribution in [-0.4, -0.2) is 29.3 Å². The van der Waals surface area contributed by atoms with Gasteiger partial charge in [0.2, 0.25) is 0 Å². The highest BCUT2D eigenvalue weighted by Crippen LogP contribution is 2.15. The van der Waals surface area contributed by atoms with Crippen LogP contribution in [0.4, 0.5) is 4.79 Å². The summed E-state index contributed by atoms with van der Waals surface area (Å²) < 4.78 is 10.8. The molecule has 0 heterocycles. The Kier molecular flexibility index (Phi) is 13.2. The lowest BCUT2D eigenvalue weighted by molar-refractivity contribution is -0.155. The fourth-order valence-corrected chi connectivity index (χ4v) is 2.99. The van der Waals surface area contributed by atoms with Crippen LogP contribution in [0.25, 0.3) is 0 Å². The lowest BCUT2D eigenvalue weighted by Crippen LogP contribution is -2.41. The first-order valence-electron chi connectivity index (χ1n) is 11.1. The minimum atomic E-state index is -0.557. The average Bonchev–Trinajstić information content (AvgIpc) is 2.49. The molecule has 0 aromatic carbocycles. The molecule has 5 heteroatoms. The maximum absolute atomic E-state index is 12.2. The maximum Gasteiger partial charge on any atom is 0.407 e. The Morgan fingerprint density at radius 1 is 0.750 bits per heavy atom. The zero-order valence-corrected chi connectivity index (χ0v) is 19.5. The minimum absolute atomic E-state index is 0.174. The normalized spacial score (nSPS) is 13.1. The molecular formula is C23H45NO4. The summed E-state index contributed by atoms with van der Waals surface area (Å²) in [6, 6.07) is -0.255. The van der Waals surface area contributed by atoms with E-state index >= 15 is 0 Å². The molecule has 0 aliphatic rings. The lowest BCUT2D eigenvalue weighted by Gasteiger charge is -2.25. The summed E-state index contributed by atoms with van der Waals surface area (Å²) >= 11 is 0. The molecule has 0 saturated heterocycles. The summed E-state index contributed by atoms with van der Waals surface area (Å²) in [5.74, 6) is -0.288. The van der Waals surface area contributed by atoms with E-state index in [-0.39, 0.29) is 18.4 Å². The minimum Gasteiger partial charge on any atom is -0.460 e. The quantitative estimate of drug-likeness (QED) is 0.282. The van der Waals surface area contributed by atoms with Crippen molar-refractivity contribution in [1.82, 2.24) is 5.32 Å². The number of hydrogen-bond acceptors (Lipinski definition) is 4. The summed E-state index contributed by atoms with van der Waals surface area (Å²) in [5.41, 5.74) is -1.08. The van der Waals surface area contributed by atoms with Crippen LogP contribution in [0.1, 0.15) is 119 Å². The average molecular weight is 400 g/mol. The molecule has 1 atom stereocenters. The van der Waals surface area contributed by atoms with Crippen molar-refractivity contribution in [3.63, 3.8) is 0 Å². The van der Waals surface area contributed by atoms with Gasteiger partial charge in [-0.25, -0.2) is 4.79 Å². The number of carbonyl (C=O) groups is 2. The summed E-state index contributed by atoms with van der Waals surface area (Å²) in [7, 11) is 0. The van der Waals surface area contributed by atoms with E-state index in [1.807, 2.05) is 41.5 Å². The largest absolute Gasteiger partial charge is 0.460 e. The number of rotatable bonds is 13. The monoisotopic (exact) mass is 399 g/mol. The Labute approximate surface area is 173 Å². The van der Waals surface area contributed by atoms with E-state index in [0.29, 0.717) is 0 Å². The molecule has 0 spiro atoms. The van der Waals surface area contributed by atoms with E-state index < -0.39 is 17.3 Å². The maximum atomic E-state index is 12.2. The second-order valence-electron chi connectivity index (χ2n) is 9.75. The third-order valence-electron chi connectivity index (χ3n) is 4.21. The van der Waals surface area contributed by atoms with Gasteiger partial charge in [0.1, 0.15) is 11.2 Å². The Morgan fingerprint density at radius 2 is 1.21 bits per heavy atom. The van der Waals surface area contributed by atoms with Gasteiger partial charge in [-0.1, -0.05) is 64.7 Å². The van der Waals surface area contributed by atoms with Gasteiger partial charge in [-0.2, -0.15) is 0 Å². The van der Waals surface area contributed by atoms with Crippen molar-refractivity contribution < 1.29 is 19.1 Å². The lowest BCUT2D eigenvalue weighted by atomic mass is 10.0. The van der Waals surface area contributed by atoms with Crippen molar-refractivity contribution in [3.05, 3.63) is 0 Å². The van der Waals surface area contributed by atoms with E-state index in [1.165, 1.54) is 44.9 Å². The number of carbonyl (C=O) groups excluding carboxylic acids is 2. The second-order valence-corrected chi connectivity index (χ2v) is 9.75. The number of alkyl carbamates (subject to hydrolysis) is 1. The molecule has 166 valence electrons. The fourth-order valence-electron chi connectivity index (χ4n) is 2.99. The molecule has 0 bridgehead atoms. The van der Waals surface area contributed by atoms with Gasteiger partial charge in [-0.15, -0.1) is 0 Å². The van der Waals surface area contributed by atoms with Crippen molar-refractivity contribution in [3.8, 4) is 0 Å². The number of amides is 1. The molecule has 0 aliphatic carbocycles. The third kappa shape index (κ3) is 18.1. The fraction of sp³-hybridized carbons (Fsp3) is 0.913. The van der Waals surface area contributed by atoms with Gasteiger partial charge < -0.3 is 14.8 Å². The van der Waals surface area contributed by atoms with Crippen molar-refractivity contribution in [2.75, 3.05) is 0 Å². The highest BCUT2D eigenvalue weighted by Gasteiger charge is 2.24. The summed E-state index contributed by atoms with van der Waals surface area (Å²) in [6.45, 7) is 13.3. The van der Waals surface area contributed by atoms with Crippen LogP contribution >= 0.6 is 0 Å². The number of nitrogens with one attached hydrogen (secondary N) is 1. The smallest absolute Gasteiger partial charge is 0.407 e. The Bertz CT molecular complexity index is 405. The molecule has 0 fully saturated rings. The standard InChI is InChI=1S/C23H45NO4/c1-8-9-10-11-12-13-14-15-16-17-19(18-20(25)27-22(2,3)4)24-21(26)28-23(5,6)7/h19H,8-18H2,1-7H3,(H,24,26)/t19-/m1/s1. The first-order valence-corrected chi connectivity index (χ1v) is 11.1. The molecule has 0 unspecified atom stereocenters. The molecule has 1 amide bonds. The van der Waals surface area contributed by atoms with E-state index in [0.717, 1.165) is 19.3 Å². The van der Waals surface area contributed by atoms with Crippen LogP contribution in [0.5, 0.6) is 0 Å².